The van der Waals surface area contributed by atoms with Crippen molar-refractivity contribution in [3.63, 3.8) is 0 Å². The first-order chi connectivity index (χ1) is 12.1. The number of piperidine rings is 1. The number of aliphatic carboxylic acids is 1. The van der Waals surface area contributed by atoms with Crippen LogP contribution in [-0.4, -0.2) is 35.3 Å². The van der Waals surface area contributed by atoms with Gasteiger partial charge in [-0.25, -0.2) is 0 Å². The van der Waals surface area contributed by atoms with Crippen LogP contribution in [0.25, 0.3) is 10.9 Å². The molecule has 0 amide bonds. The molecule has 3 N–H and O–H groups in total. The Morgan fingerprint density at radius 3 is 2.96 bits per heavy atom. The van der Waals surface area contributed by atoms with Crippen LogP contribution in [-0.2, 0) is 11.2 Å². The fraction of sp³-hybridized carbons (Fsp3) is 0.550. The van der Waals surface area contributed by atoms with Gasteiger partial charge in [-0.05, 0) is 30.4 Å². The highest BCUT2D eigenvalue weighted by atomic mass is 16.4. The molecule has 1 saturated carbocycles. The monoisotopic (exact) mass is 340 g/mol. The maximum atomic E-state index is 11.7. The molecule has 132 valence electrons. The number of rotatable bonds is 1. The summed E-state index contributed by atoms with van der Waals surface area (Å²) in [5.41, 5.74) is 3.87. The van der Waals surface area contributed by atoms with Gasteiger partial charge in [0.25, 0.3) is 0 Å². The number of aliphatic hydroxyl groups is 1. The molecule has 5 nitrogen and oxygen atoms in total. The Morgan fingerprint density at radius 1 is 1.28 bits per heavy atom. The number of quaternary nitrogens is 1. The molecule has 25 heavy (non-hydrogen) atoms. The van der Waals surface area contributed by atoms with Gasteiger partial charge in [0.2, 0.25) is 0 Å². The lowest BCUT2D eigenvalue weighted by molar-refractivity contribution is -0.945. The van der Waals surface area contributed by atoms with Gasteiger partial charge in [0.05, 0.1) is 24.9 Å². The zero-order valence-corrected chi connectivity index (χ0v) is 14.2. The number of H-pyrrole nitrogens is 1. The largest absolute Gasteiger partial charge is 0.550 e. The molecule has 5 heteroatoms. The number of hydrogen-bond donors (Lipinski definition) is 3. The van der Waals surface area contributed by atoms with E-state index in [1.807, 2.05) is 0 Å². The summed E-state index contributed by atoms with van der Waals surface area (Å²) in [5.74, 6) is -1.36. The Kier molecular flexibility index (Phi) is 3.44. The Balaban J connectivity index is 1.54. The SMILES string of the molecule is O=C([O-])[C@@H]1[C@@H]2C[C@@H]3c4[nH]c5ccccc5c4CC[NH+]3C[C@@H]2CC[C@@H]1O. The number of para-hydroxylation sites is 1. The third kappa shape index (κ3) is 2.26. The van der Waals surface area contributed by atoms with E-state index in [9.17, 15) is 15.0 Å². The number of aromatic amines is 1. The summed E-state index contributed by atoms with van der Waals surface area (Å²) in [5, 5.41) is 23.2. The van der Waals surface area contributed by atoms with Crippen molar-refractivity contribution in [1.29, 1.82) is 0 Å². The number of aromatic nitrogens is 1. The first-order valence-electron chi connectivity index (χ1n) is 9.46. The van der Waals surface area contributed by atoms with Gasteiger partial charge in [-0.3, -0.25) is 0 Å². The average Bonchev–Trinajstić information content (AvgIpc) is 2.99. The number of fused-ring (bicyclic) bond motifs is 6. The lowest BCUT2D eigenvalue weighted by atomic mass is 9.65. The number of carboxylic acid groups (broad SMARTS) is 1. The van der Waals surface area contributed by atoms with E-state index in [0.29, 0.717) is 18.4 Å². The van der Waals surface area contributed by atoms with E-state index >= 15 is 0 Å². The number of carboxylic acids is 1. The summed E-state index contributed by atoms with van der Waals surface area (Å²) < 4.78 is 0. The maximum absolute atomic E-state index is 11.7. The summed E-state index contributed by atoms with van der Waals surface area (Å²) in [6.45, 7) is 2.13. The van der Waals surface area contributed by atoms with Crippen molar-refractivity contribution in [3.8, 4) is 0 Å². The molecular weight excluding hydrogens is 316 g/mol. The van der Waals surface area contributed by atoms with Gasteiger partial charge in [-0.15, -0.1) is 0 Å². The summed E-state index contributed by atoms with van der Waals surface area (Å²) in [7, 11) is 0. The molecule has 1 aromatic heterocycles. The van der Waals surface area contributed by atoms with E-state index in [-0.39, 0.29) is 5.92 Å². The van der Waals surface area contributed by atoms with Gasteiger partial charge < -0.3 is 24.9 Å². The first kappa shape index (κ1) is 15.4. The number of nitrogens with one attached hydrogen (secondary N) is 2. The van der Waals surface area contributed by atoms with Gasteiger partial charge in [0, 0.05) is 41.5 Å². The quantitative estimate of drug-likeness (QED) is 0.673. The van der Waals surface area contributed by atoms with Crippen LogP contribution < -0.4 is 10.0 Å². The summed E-state index contributed by atoms with van der Waals surface area (Å²) in [6, 6.07) is 8.73. The molecule has 6 atom stereocenters. The minimum Gasteiger partial charge on any atom is -0.550 e. The zero-order chi connectivity index (χ0) is 17.1. The van der Waals surface area contributed by atoms with E-state index < -0.39 is 18.0 Å². The number of benzene rings is 1. The molecule has 2 aromatic rings. The van der Waals surface area contributed by atoms with Gasteiger partial charge in [-0.2, -0.15) is 0 Å². The van der Waals surface area contributed by atoms with Crippen LogP contribution in [0.1, 0.15) is 36.6 Å². The van der Waals surface area contributed by atoms with Gasteiger partial charge >= 0.3 is 0 Å². The second kappa shape index (κ2) is 5.58. The predicted molar refractivity (Wildman–Crippen MR) is 90.8 cm³/mol. The molecule has 1 saturated heterocycles. The lowest BCUT2D eigenvalue weighted by Gasteiger charge is -2.49. The standard InChI is InChI=1S/C20H24N2O3/c23-17-6-5-11-10-22-8-7-13-12-3-1-2-4-15(12)21-19(13)16(22)9-14(11)18(17)20(24)25/h1-4,11,14,16-18,21,23H,5-10H2,(H,24,25)/t11-,14+,16+,17-,18+/m0/s1. The fourth-order valence-corrected chi connectivity index (χ4v) is 5.87. The van der Waals surface area contributed by atoms with Crippen LogP contribution >= 0.6 is 0 Å². The normalized spacial score (nSPS) is 37.2. The molecule has 0 radical (unpaired) electrons. The topological polar surface area (TPSA) is 80.6 Å². The third-order valence-electron chi connectivity index (χ3n) is 7.00. The molecule has 0 bridgehead atoms. The minimum absolute atomic E-state index is 0.0277. The van der Waals surface area contributed by atoms with Crippen LogP contribution in [0.4, 0.5) is 0 Å². The third-order valence-corrected chi connectivity index (χ3v) is 7.00. The number of carbonyl (C=O) groups excluding carboxylic acids is 1. The van der Waals surface area contributed by atoms with Crippen molar-refractivity contribution < 1.29 is 19.9 Å². The Labute approximate surface area is 146 Å². The van der Waals surface area contributed by atoms with Crippen molar-refractivity contribution in [2.24, 2.45) is 17.8 Å². The van der Waals surface area contributed by atoms with Crippen LogP contribution in [0, 0.1) is 17.8 Å². The van der Waals surface area contributed by atoms with Gasteiger partial charge in [0.1, 0.15) is 6.04 Å². The Bertz CT molecular complexity index is 829. The molecular formula is C20H24N2O3. The molecule has 3 heterocycles. The molecule has 1 aliphatic carbocycles. The molecule has 1 unspecified atom stereocenters. The van der Waals surface area contributed by atoms with E-state index in [0.717, 1.165) is 32.4 Å². The van der Waals surface area contributed by atoms with Gasteiger partial charge in [-0.1, -0.05) is 18.2 Å². The highest BCUT2D eigenvalue weighted by Crippen LogP contribution is 2.43. The van der Waals surface area contributed by atoms with Crippen molar-refractivity contribution in [1.82, 2.24) is 4.98 Å². The molecule has 2 fully saturated rings. The molecule has 3 aliphatic rings. The summed E-state index contributed by atoms with van der Waals surface area (Å²) in [6.07, 6.45) is 2.68. The summed E-state index contributed by atoms with van der Waals surface area (Å²) >= 11 is 0. The van der Waals surface area contributed by atoms with E-state index in [4.69, 9.17) is 0 Å². The zero-order valence-electron chi connectivity index (χ0n) is 14.2. The summed E-state index contributed by atoms with van der Waals surface area (Å²) in [4.78, 5) is 16.9. The average molecular weight is 340 g/mol. The fourth-order valence-electron chi connectivity index (χ4n) is 5.87. The first-order valence-corrected chi connectivity index (χ1v) is 9.46. The Hall–Kier alpha value is -1.85. The number of carbonyl (C=O) groups is 1. The van der Waals surface area contributed by atoms with Crippen LogP contribution in [0.15, 0.2) is 24.3 Å². The highest BCUT2D eigenvalue weighted by molar-refractivity contribution is 5.85. The van der Waals surface area contributed by atoms with E-state index in [1.165, 1.54) is 22.2 Å². The van der Waals surface area contributed by atoms with Crippen LogP contribution in [0.5, 0.6) is 0 Å². The van der Waals surface area contributed by atoms with Crippen molar-refractivity contribution in [2.45, 2.75) is 37.8 Å². The Morgan fingerprint density at radius 2 is 2.12 bits per heavy atom. The highest BCUT2D eigenvalue weighted by Gasteiger charge is 2.49. The maximum Gasteiger partial charge on any atom is 0.129 e. The van der Waals surface area contributed by atoms with Crippen LogP contribution in [0.3, 0.4) is 0 Å². The molecule has 0 spiro atoms. The molecule has 2 aliphatic heterocycles. The second-order valence-corrected chi connectivity index (χ2v) is 8.13. The van der Waals surface area contributed by atoms with E-state index in [2.05, 4.69) is 29.2 Å². The molecule has 5 rings (SSSR count). The van der Waals surface area contributed by atoms with Crippen molar-refractivity contribution in [2.75, 3.05) is 13.1 Å². The van der Waals surface area contributed by atoms with Gasteiger partial charge in [0.15, 0.2) is 0 Å². The molecule has 1 aromatic carbocycles. The van der Waals surface area contributed by atoms with E-state index in [1.54, 1.807) is 4.90 Å². The second-order valence-electron chi connectivity index (χ2n) is 8.13. The smallest absolute Gasteiger partial charge is 0.129 e. The number of hydrogen-bond acceptors (Lipinski definition) is 3. The predicted octanol–water partition coefficient (Wildman–Crippen LogP) is -0.193. The van der Waals surface area contributed by atoms with Crippen LogP contribution in [0.2, 0.25) is 0 Å². The number of aliphatic hydroxyl groups excluding tert-OH is 1. The van der Waals surface area contributed by atoms with Crippen molar-refractivity contribution in [3.05, 3.63) is 35.5 Å². The lowest BCUT2D eigenvalue weighted by Crippen LogP contribution is -3.15. The van der Waals surface area contributed by atoms with Crippen molar-refractivity contribution >= 4 is 16.9 Å². The minimum atomic E-state index is -1.07.